The van der Waals surface area contributed by atoms with Crippen molar-refractivity contribution in [1.82, 2.24) is 10.2 Å². The van der Waals surface area contributed by atoms with Crippen LogP contribution >= 0.6 is 0 Å². The third kappa shape index (κ3) is 4.45. The van der Waals surface area contributed by atoms with E-state index in [4.69, 9.17) is 4.74 Å². The average molecular weight is 290 g/mol. The maximum atomic E-state index is 5.40. The summed E-state index contributed by atoms with van der Waals surface area (Å²) in [5.74, 6) is 1.75. The van der Waals surface area contributed by atoms with Crippen molar-refractivity contribution in [1.29, 1.82) is 0 Å². The van der Waals surface area contributed by atoms with Crippen LogP contribution in [0, 0.1) is 12.8 Å². The summed E-state index contributed by atoms with van der Waals surface area (Å²) < 4.78 is 5.40. The molecule has 2 rings (SSSR count). The van der Waals surface area contributed by atoms with Crippen molar-refractivity contribution >= 4 is 0 Å². The topological polar surface area (TPSA) is 24.5 Å². The molecule has 1 N–H and O–H groups in total. The minimum atomic E-state index is 0.541. The number of aryl methyl sites for hydroxylation is 1. The molecule has 1 saturated heterocycles. The Morgan fingerprint density at radius 2 is 1.90 bits per heavy atom. The minimum absolute atomic E-state index is 0.541. The van der Waals surface area contributed by atoms with E-state index >= 15 is 0 Å². The molecule has 3 nitrogen and oxygen atoms in total. The molecule has 1 fully saturated rings. The molecule has 0 unspecified atom stereocenters. The molecule has 1 aliphatic rings. The predicted octanol–water partition coefficient (Wildman–Crippen LogP) is 3.39. The summed E-state index contributed by atoms with van der Waals surface area (Å²) in [6.45, 7) is 11.3. The molecule has 21 heavy (non-hydrogen) atoms. The van der Waals surface area contributed by atoms with E-state index in [1.807, 2.05) is 0 Å². The molecule has 0 radical (unpaired) electrons. The van der Waals surface area contributed by atoms with E-state index < -0.39 is 0 Å². The highest BCUT2D eigenvalue weighted by atomic mass is 16.5. The Balaban J connectivity index is 2.18. The second-order valence-corrected chi connectivity index (χ2v) is 6.50. The summed E-state index contributed by atoms with van der Waals surface area (Å²) in [4.78, 5) is 2.64. The number of methoxy groups -OCH3 is 1. The van der Waals surface area contributed by atoms with Gasteiger partial charge in [-0.05, 0) is 42.9 Å². The Hall–Kier alpha value is -1.06. The molecule has 118 valence electrons. The number of ether oxygens (including phenoxy) is 1. The Labute approximate surface area is 129 Å². The van der Waals surface area contributed by atoms with E-state index in [1.165, 1.54) is 24.0 Å². The number of nitrogens with one attached hydrogen (secondary N) is 1. The summed E-state index contributed by atoms with van der Waals surface area (Å²) in [5, 5.41) is 3.45. The molecule has 1 atom stereocenters. The van der Waals surface area contributed by atoms with Crippen LogP contribution < -0.4 is 10.1 Å². The molecule has 1 aromatic rings. The number of hydrogen-bond donors (Lipinski definition) is 1. The molecule has 1 aromatic carbocycles. The number of hydrogen-bond acceptors (Lipinski definition) is 3. The molecule has 1 heterocycles. The smallest absolute Gasteiger partial charge is 0.121 e. The Morgan fingerprint density at radius 1 is 1.19 bits per heavy atom. The van der Waals surface area contributed by atoms with E-state index in [9.17, 15) is 0 Å². The van der Waals surface area contributed by atoms with Crippen molar-refractivity contribution in [2.75, 3.05) is 33.3 Å². The summed E-state index contributed by atoms with van der Waals surface area (Å²) in [6, 6.07) is 7.22. The van der Waals surface area contributed by atoms with Crippen LogP contribution in [-0.2, 0) is 0 Å². The van der Waals surface area contributed by atoms with Crippen LogP contribution in [0.4, 0.5) is 0 Å². The maximum absolute atomic E-state index is 5.40. The largest absolute Gasteiger partial charge is 0.496 e. The normalized spacial score (nSPS) is 18.0. The van der Waals surface area contributed by atoms with Crippen LogP contribution in [0.2, 0.25) is 0 Å². The first-order chi connectivity index (χ1) is 10.1. The molecule has 0 spiro atoms. The molecule has 0 saturated carbocycles. The fourth-order valence-corrected chi connectivity index (χ4v) is 3.15. The lowest BCUT2D eigenvalue weighted by molar-refractivity contribution is 0.159. The van der Waals surface area contributed by atoms with Gasteiger partial charge < -0.3 is 10.1 Å². The lowest BCUT2D eigenvalue weighted by atomic mass is 9.94. The highest BCUT2D eigenvalue weighted by molar-refractivity contribution is 5.37. The number of piperazine rings is 1. The van der Waals surface area contributed by atoms with Crippen molar-refractivity contribution in [3.8, 4) is 5.75 Å². The van der Waals surface area contributed by atoms with Crippen LogP contribution in [0.15, 0.2) is 18.2 Å². The molecule has 0 amide bonds. The quantitative estimate of drug-likeness (QED) is 0.869. The van der Waals surface area contributed by atoms with Gasteiger partial charge in [0.25, 0.3) is 0 Å². The molecular weight excluding hydrogens is 260 g/mol. The Bertz CT molecular complexity index is 439. The van der Waals surface area contributed by atoms with E-state index in [1.54, 1.807) is 7.11 Å². The average Bonchev–Trinajstić information content (AvgIpc) is 2.48. The van der Waals surface area contributed by atoms with Gasteiger partial charge >= 0.3 is 0 Å². The van der Waals surface area contributed by atoms with Gasteiger partial charge in [-0.1, -0.05) is 26.0 Å². The van der Waals surface area contributed by atoms with E-state index in [-0.39, 0.29) is 0 Å². The van der Waals surface area contributed by atoms with Crippen LogP contribution in [0.3, 0.4) is 0 Å². The van der Waals surface area contributed by atoms with Gasteiger partial charge in [-0.2, -0.15) is 0 Å². The first-order valence-electron chi connectivity index (χ1n) is 8.21. The van der Waals surface area contributed by atoms with Crippen LogP contribution in [0.5, 0.6) is 5.75 Å². The lowest BCUT2D eigenvalue weighted by Crippen LogP contribution is -2.45. The summed E-state index contributed by atoms with van der Waals surface area (Å²) in [7, 11) is 1.74. The zero-order valence-electron chi connectivity index (χ0n) is 14.0. The standard InChI is InChI=1S/C18H30N2O/c1-14(2)5-7-17(20-11-9-19-10-12-20)16-6-8-18(21-4)15(3)13-16/h6,8,13-14,17,19H,5,7,9-12H2,1-4H3/t17-/m0/s1. The SMILES string of the molecule is COc1ccc([C@H](CCC(C)C)N2CCNCC2)cc1C. The Morgan fingerprint density at radius 3 is 2.48 bits per heavy atom. The highest BCUT2D eigenvalue weighted by Gasteiger charge is 2.22. The van der Waals surface area contributed by atoms with Crippen LogP contribution in [-0.4, -0.2) is 38.2 Å². The molecule has 3 heteroatoms. The number of benzene rings is 1. The van der Waals surface area contributed by atoms with Crippen molar-refractivity contribution in [2.45, 2.75) is 39.7 Å². The van der Waals surface area contributed by atoms with Gasteiger partial charge in [-0.15, -0.1) is 0 Å². The lowest BCUT2D eigenvalue weighted by Gasteiger charge is -2.36. The zero-order valence-corrected chi connectivity index (χ0v) is 14.0. The van der Waals surface area contributed by atoms with E-state index in [2.05, 4.69) is 49.2 Å². The van der Waals surface area contributed by atoms with Crippen molar-refractivity contribution in [3.05, 3.63) is 29.3 Å². The number of nitrogens with zero attached hydrogens (tertiary/aromatic N) is 1. The third-order valence-corrected chi connectivity index (χ3v) is 4.41. The van der Waals surface area contributed by atoms with E-state index in [0.29, 0.717) is 6.04 Å². The first-order valence-corrected chi connectivity index (χ1v) is 8.21. The summed E-state index contributed by atoms with van der Waals surface area (Å²) >= 11 is 0. The minimum Gasteiger partial charge on any atom is -0.496 e. The van der Waals surface area contributed by atoms with Crippen molar-refractivity contribution < 1.29 is 4.74 Å². The number of rotatable bonds is 6. The maximum Gasteiger partial charge on any atom is 0.121 e. The summed E-state index contributed by atoms with van der Waals surface area (Å²) in [5.41, 5.74) is 2.68. The van der Waals surface area contributed by atoms with Gasteiger partial charge in [0.2, 0.25) is 0 Å². The molecule has 0 bridgehead atoms. The van der Waals surface area contributed by atoms with E-state index in [0.717, 1.165) is 37.8 Å². The fourth-order valence-electron chi connectivity index (χ4n) is 3.15. The van der Waals surface area contributed by atoms with Gasteiger partial charge in [-0.3, -0.25) is 4.90 Å². The zero-order chi connectivity index (χ0) is 15.2. The molecule has 1 aliphatic heterocycles. The van der Waals surface area contributed by atoms with Crippen LogP contribution in [0.1, 0.15) is 43.9 Å². The Kier molecular flexibility index (Phi) is 6.07. The van der Waals surface area contributed by atoms with Gasteiger partial charge in [0, 0.05) is 32.2 Å². The van der Waals surface area contributed by atoms with Gasteiger partial charge in [0.15, 0.2) is 0 Å². The summed E-state index contributed by atoms with van der Waals surface area (Å²) in [6.07, 6.45) is 2.52. The third-order valence-electron chi connectivity index (χ3n) is 4.41. The second-order valence-electron chi connectivity index (χ2n) is 6.50. The molecule has 0 aromatic heterocycles. The van der Waals surface area contributed by atoms with Crippen LogP contribution in [0.25, 0.3) is 0 Å². The predicted molar refractivity (Wildman–Crippen MR) is 89.0 cm³/mol. The van der Waals surface area contributed by atoms with Gasteiger partial charge in [-0.25, -0.2) is 0 Å². The van der Waals surface area contributed by atoms with Gasteiger partial charge in [0.1, 0.15) is 5.75 Å². The van der Waals surface area contributed by atoms with Crippen molar-refractivity contribution in [3.63, 3.8) is 0 Å². The van der Waals surface area contributed by atoms with Crippen molar-refractivity contribution in [2.24, 2.45) is 5.92 Å². The second kappa shape index (κ2) is 7.81. The monoisotopic (exact) mass is 290 g/mol. The molecule has 0 aliphatic carbocycles. The van der Waals surface area contributed by atoms with Gasteiger partial charge in [0.05, 0.1) is 7.11 Å². The highest BCUT2D eigenvalue weighted by Crippen LogP contribution is 2.30. The molecular formula is C18H30N2O. The first kappa shape index (κ1) is 16.3. The fraction of sp³-hybridized carbons (Fsp3) is 0.667.